The topological polar surface area (TPSA) is 73.1 Å². The number of ether oxygens (including phenoxy) is 1. The summed E-state index contributed by atoms with van der Waals surface area (Å²) in [5, 5.41) is 6.85. The number of oxime groups is 1. The summed E-state index contributed by atoms with van der Waals surface area (Å²) in [6.45, 7) is 0.378. The highest BCUT2D eigenvalue weighted by molar-refractivity contribution is 6.01. The number of hydrogen-bond donors (Lipinski definition) is 1. The number of hydrogen-bond acceptors (Lipinski definition) is 5. The molecule has 22 heavy (non-hydrogen) atoms. The summed E-state index contributed by atoms with van der Waals surface area (Å²) in [5.41, 5.74) is 1.85. The van der Waals surface area contributed by atoms with Gasteiger partial charge in [-0.2, -0.15) is 0 Å². The fraction of sp³-hybridized carbons (Fsp3) is 0.250. The standard InChI is InChI=1S/C16H16N2O4/c1-20-12-6-4-11(5-7-12)14-9-13(22-18-14)10-17-16(19)15-3-2-8-21-15/h2-8,13H,9-10H2,1H3,(H,17,19)/t13-/m0/s1. The Morgan fingerprint density at radius 3 is 2.86 bits per heavy atom. The number of carbonyl (C=O) groups excluding carboxylic acids is 1. The first-order valence-electron chi connectivity index (χ1n) is 6.95. The third-order valence-electron chi connectivity index (χ3n) is 3.39. The van der Waals surface area contributed by atoms with Crippen molar-refractivity contribution >= 4 is 11.6 Å². The van der Waals surface area contributed by atoms with Crippen LogP contribution in [-0.4, -0.2) is 31.4 Å². The summed E-state index contributed by atoms with van der Waals surface area (Å²) in [5.74, 6) is 0.825. The second-order valence-corrected chi connectivity index (χ2v) is 4.89. The molecule has 0 aliphatic carbocycles. The number of methoxy groups -OCH3 is 1. The number of amides is 1. The van der Waals surface area contributed by atoms with Crippen LogP contribution in [0.15, 0.2) is 52.2 Å². The van der Waals surface area contributed by atoms with Crippen LogP contribution in [0, 0.1) is 0 Å². The quantitative estimate of drug-likeness (QED) is 0.919. The van der Waals surface area contributed by atoms with Gasteiger partial charge in [-0.3, -0.25) is 4.79 Å². The highest BCUT2D eigenvalue weighted by Gasteiger charge is 2.23. The fourth-order valence-corrected chi connectivity index (χ4v) is 2.19. The molecule has 1 atom stereocenters. The molecule has 1 N–H and O–H groups in total. The van der Waals surface area contributed by atoms with Crippen molar-refractivity contribution in [2.45, 2.75) is 12.5 Å². The van der Waals surface area contributed by atoms with E-state index in [4.69, 9.17) is 14.0 Å². The third-order valence-corrected chi connectivity index (χ3v) is 3.39. The van der Waals surface area contributed by atoms with Gasteiger partial charge in [0.15, 0.2) is 5.76 Å². The second kappa shape index (κ2) is 6.34. The number of nitrogens with zero attached hydrogens (tertiary/aromatic N) is 1. The maximum atomic E-state index is 11.8. The maximum absolute atomic E-state index is 11.8. The molecule has 1 aromatic heterocycles. The van der Waals surface area contributed by atoms with E-state index < -0.39 is 0 Å². The van der Waals surface area contributed by atoms with E-state index in [1.165, 1.54) is 6.26 Å². The predicted molar refractivity (Wildman–Crippen MR) is 80.1 cm³/mol. The van der Waals surface area contributed by atoms with Crippen LogP contribution in [-0.2, 0) is 4.84 Å². The molecule has 1 aliphatic heterocycles. The molecule has 0 unspecified atom stereocenters. The van der Waals surface area contributed by atoms with Gasteiger partial charge < -0.3 is 19.3 Å². The zero-order valence-electron chi connectivity index (χ0n) is 12.1. The van der Waals surface area contributed by atoms with Crippen LogP contribution < -0.4 is 10.1 Å². The van der Waals surface area contributed by atoms with Crippen molar-refractivity contribution in [1.29, 1.82) is 0 Å². The zero-order chi connectivity index (χ0) is 15.4. The number of benzene rings is 1. The summed E-state index contributed by atoms with van der Waals surface area (Å²) in [7, 11) is 1.63. The molecular formula is C16H16N2O4. The van der Waals surface area contributed by atoms with Crippen molar-refractivity contribution in [1.82, 2.24) is 5.32 Å². The summed E-state index contributed by atoms with van der Waals surface area (Å²) in [6, 6.07) is 10.9. The Hall–Kier alpha value is -2.76. The van der Waals surface area contributed by atoms with Crippen molar-refractivity contribution in [2.75, 3.05) is 13.7 Å². The lowest BCUT2D eigenvalue weighted by Gasteiger charge is -2.08. The van der Waals surface area contributed by atoms with E-state index in [0.29, 0.717) is 13.0 Å². The average Bonchev–Trinajstić information content (AvgIpc) is 3.24. The van der Waals surface area contributed by atoms with Crippen molar-refractivity contribution < 1.29 is 18.8 Å². The molecule has 114 valence electrons. The number of nitrogens with one attached hydrogen (secondary N) is 1. The Labute approximate surface area is 127 Å². The number of furan rings is 1. The molecule has 0 fully saturated rings. The lowest BCUT2D eigenvalue weighted by molar-refractivity contribution is 0.0740. The maximum Gasteiger partial charge on any atom is 0.287 e. The molecule has 1 aromatic carbocycles. The Morgan fingerprint density at radius 1 is 1.36 bits per heavy atom. The SMILES string of the molecule is COc1ccc(C2=NO[C@H](CNC(=O)c3ccco3)C2)cc1. The lowest BCUT2D eigenvalue weighted by Crippen LogP contribution is -2.32. The van der Waals surface area contributed by atoms with Gasteiger partial charge in [0.25, 0.3) is 5.91 Å². The molecule has 2 aromatic rings. The molecule has 0 bridgehead atoms. The number of rotatable bonds is 5. The van der Waals surface area contributed by atoms with Crippen molar-refractivity contribution in [3.63, 3.8) is 0 Å². The molecule has 0 saturated heterocycles. The van der Waals surface area contributed by atoms with Gasteiger partial charge in [0.2, 0.25) is 0 Å². The van der Waals surface area contributed by atoms with Crippen molar-refractivity contribution in [3.05, 3.63) is 54.0 Å². The first-order valence-corrected chi connectivity index (χ1v) is 6.95. The van der Waals surface area contributed by atoms with E-state index in [0.717, 1.165) is 17.0 Å². The molecule has 1 amide bonds. The molecule has 6 heteroatoms. The van der Waals surface area contributed by atoms with E-state index in [1.807, 2.05) is 24.3 Å². The normalized spacial score (nSPS) is 16.8. The molecule has 0 spiro atoms. The van der Waals surface area contributed by atoms with Crippen molar-refractivity contribution in [3.8, 4) is 5.75 Å². The van der Waals surface area contributed by atoms with Crippen LogP contribution in [0.2, 0.25) is 0 Å². The zero-order valence-corrected chi connectivity index (χ0v) is 12.1. The van der Waals surface area contributed by atoms with E-state index >= 15 is 0 Å². The van der Waals surface area contributed by atoms with Gasteiger partial charge in [-0.25, -0.2) is 0 Å². The van der Waals surface area contributed by atoms with Gasteiger partial charge >= 0.3 is 0 Å². The van der Waals surface area contributed by atoms with E-state index in [1.54, 1.807) is 19.2 Å². The minimum atomic E-state index is -0.258. The molecule has 1 aliphatic rings. The first-order chi connectivity index (χ1) is 10.8. The van der Waals surface area contributed by atoms with Gasteiger partial charge in [0, 0.05) is 6.42 Å². The van der Waals surface area contributed by atoms with Crippen LogP contribution in [0.3, 0.4) is 0 Å². The smallest absolute Gasteiger partial charge is 0.287 e. The Kier molecular flexibility index (Phi) is 4.09. The van der Waals surface area contributed by atoms with Crippen molar-refractivity contribution in [2.24, 2.45) is 5.16 Å². The van der Waals surface area contributed by atoms with Gasteiger partial charge in [-0.1, -0.05) is 5.16 Å². The summed E-state index contributed by atoms with van der Waals surface area (Å²) >= 11 is 0. The molecule has 0 saturated carbocycles. The Balaban J connectivity index is 1.52. The van der Waals surface area contributed by atoms with Crippen LogP contribution >= 0.6 is 0 Å². The minimum absolute atomic E-state index is 0.170. The highest BCUT2D eigenvalue weighted by Crippen LogP contribution is 2.19. The molecule has 6 nitrogen and oxygen atoms in total. The molecule has 0 radical (unpaired) electrons. The van der Waals surface area contributed by atoms with E-state index in [9.17, 15) is 4.79 Å². The number of carbonyl (C=O) groups is 1. The largest absolute Gasteiger partial charge is 0.497 e. The van der Waals surface area contributed by atoms with Crippen LogP contribution in [0.1, 0.15) is 22.5 Å². The van der Waals surface area contributed by atoms with Gasteiger partial charge in [0.1, 0.15) is 11.9 Å². The lowest BCUT2D eigenvalue weighted by atomic mass is 10.0. The van der Waals surface area contributed by atoms with E-state index in [2.05, 4.69) is 10.5 Å². The highest BCUT2D eigenvalue weighted by atomic mass is 16.6. The average molecular weight is 300 g/mol. The molecule has 3 rings (SSSR count). The third kappa shape index (κ3) is 3.11. The molecular weight excluding hydrogens is 284 g/mol. The minimum Gasteiger partial charge on any atom is -0.497 e. The monoisotopic (exact) mass is 300 g/mol. The van der Waals surface area contributed by atoms with Gasteiger partial charge in [-0.15, -0.1) is 0 Å². The summed E-state index contributed by atoms with van der Waals surface area (Å²) < 4.78 is 10.2. The Bertz CT molecular complexity index is 662. The van der Waals surface area contributed by atoms with Crippen LogP contribution in [0.25, 0.3) is 0 Å². The van der Waals surface area contributed by atoms with Gasteiger partial charge in [-0.05, 0) is 42.0 Å². The predicted octanol–water partition coefficient (Wildman–Crippen LogP) is 2.21. The summed E-state index contributed by atoms with van der Waals surface area (Å²) in [4.78, 5) is 17.1. The molecule has 2 heterocycles. The fourth-order valence-electron chi connectivity index (χ4n) is 2.19. The van der Waals surface area contributed by atoms with E-state index in [-0.39, 0.29) is 17.8 Å². The first kappa shape index (κ1) is 14.2. The summed E-state index contributed by atoms with van der Waals surface area (Å²) in [6.07, 6.45) is 1.94. The second-order valence-electron chi connectivity index (χ2n) is 4.89. The van der Waals surface area contributed by atoms with Gasteiger partial charge in [0.05, 0.1) is 25.6 Å². The van der Waals surface area contributed by atoms with Crippen LogP contribution in [0.5, 0.6) is 5.75 Å². The Morgan fingerprint density at radius 2 is 2.18 bits per heavy atom. The van der Waals surface area contributed by atoms with Crippen LogP contribution in [0.4, 0.5) is 0 Å².